The van der Waals surface area contributed by atoms with E-state index in [1.165, 1.54) is 32.4 Å². The molecule has 1 aliphatic carbocycles. The highest BCUT2D eigenvalue weighted by Crippen LogP contribution is 2.36. The monoisotopic (exact) mass is 268 g/mol. The number of carboxylic acids is 1. The third kappa shape index (κ3) is 3.29. The average molecular weight is 268 g/mol. The molecule has 110 valence electrons. The lowest BCUT2D eigenvalue weighted by Crippen LogP contribution is -2.51. The maximum atomic E-state index is 11.3. The van der Waals surface area contributed by atoms with Gasteiger partial charge in [0.1, 0.15) is 5.54 Å². The number of aliphatic carboxylic acids is 1. The van der Waals surface area contributed by atoms with Crippen molar-refractivity contribution in [3.8, 4) is 0 Å². The smallest absolute Gasteiger partial charge is 0.323 e. The zero-order valence-corrected chi connectivity index (χ0v) is 12.1. The Morgan fingerprint density at radius 3 is 2.89 bits per heavy atom. The second-order valence-electron chi connectivity index (χ2n) is 6.47. The van der Waals surface area contributed by atoms with Crippen LogP contribution in [0.4, 0.5) is 0 Å². The van der Waals surface area contributed by atoms with Crippen LogP contribution >= 0.6 is 0 Å². The first-order valence-corrected chi connectivity index (χ1v) is 7.81. The molecule has 4 heteroatoms. The average Bonchev–Trinajstić information content (AvgIpc) is 2.95. The highest BCUT2D eigenvalue weighted by Gasteiger charge is 2.45. The van der Waals surface area contributed by atoms with Gasteiger partial charge in [0, 0.05) is 6.54 Å². The summed E-state index contributed by atoms with van der Waals surface area (Å²) in [6.07, 6.45) is 7.45. The molecule has 0 aromatic heterocycles. The van der Waals surface area contributed by atoms with Crippen molar-refractivity contribution in [3.05, 3.63) is 0 Å². The molecule has 2 rings (SSSR count). The number of nitrogens with zero attached hydrogens (tertiary/aromatic N) is 1. The molecule has 1 saturated carbocycles. The fraction of sp³-hybridized carbons (Fsp3) is 0.933. The summed E-state index contributed by atoms with van der Waals surface area (Å²) in [4.78, 5) is 13.8. The topological polar surface area (TPSA) is 66.6 Å². The first-order chi connectivity index (χ1) is 9.06. The maximum absolute atomic E-state index is 11.3. The molecular weight excluding hydrogens is 240 g/mol. The zero-order valence-electron chi connectivity index (χ0n) is 12.1. The lowest BCUT2D eigenvalue weighted by molar-refractivity contribution is -0.144. The molecule has 3 atom stereocenters. The number of hydrogen-bond donors (Lipinski definition) is 2. The molecule has 2 fully saturated rings. The Labute approximate surface area is 116 Å². The van der Waals surface area contributed by atoms with E-state index in [1.807, 2.05) is 0 Å². The Kier molecular flexibility index (Phi) is 4.85. The quantitative estimate of drug-likeness (QED) is 0.774. The van der Waals surface area contributed by atoms with E-state index in [2.05, 4.69) is 11.8 Å². The van der Waals surface area contributed by atoms with Crippen LogP contribution in [0.15, 0.2) is 0 Å². The zero-order chi connectivity index (χ0) is 13.9. The van der Waals surface area contributed by atoms with Crippen molar-refractivity contribution < 1.29 is 9.90 Å². The Morgan fingerprint density at radius 1 is 1.42 bits per heavy atom. The Hall–Kier alpha value is -0.610. The van der Waals surface area contributed by atoms with Crippen LogP contribution in [0.5, 0.6) is 0 Å². The van der Waals surface area contributed by atoms with Gasteiger partial charge in [-0.05, 0) is 57.0 Å². The molecule has 0 bridgehead atoms. The first-order valence-electron chi connectivity index (χ1n) is 7.81. The molecule has 1 saturated heterocycles. The maximum Gasteiger partial charge on any atom is 0.323 e. The number of carbonyl (C=O) groups is 1. The fourth-order valence-corrected chi connectivity index (χ4v) is 3.88. The number of likely N-dealkylation sites (tertiary alicyclic amines) is 1. The minimum atomic E-state index is -0.956. The van der Waals surface area contributed by atoms with Crippen LogP contribution in [0.3, 0.4) is 0 Å². The van der Waals surface area contributed by atoms with Gasteiger partial charge in [0.2, 0.25) is 0 Å². The molecule has 0 radical (unpaired) electrons. The predicted molar refractivity (Wildman–Crippen MR) is 76.0 cm³/mol. The summed E-state index contributed by atoms with van der Waals surface area (Å²) >= 11 is 0. The van der Waals surface area contributed by atoms with E-state index in [9.17, 15) is 9.90 Å². The SMILES string of the molecule is CCCC1CCN(CCC2CCCC2(N)C(=O)O)C1. The fourth-order valence-electron chi connectivity index (χ4n) is 3.88. The highest BCUT2D eigenvalue weighted by molar-refractivity contribution is 5.79. The van der Waals surface area contributed by atoms with Gasteiger partial charge in [0.05, 0.1) is 0 Å². The van der Waals surface area contributed by atoms with Gasteiger partial charge in [-0.2, -0.15) is 0 Å². The van der Waals surface area contributed by atoms with Crippen molar-refractivity contribution in [2.75, 3.05) is 19.6 Å². The standard InChI is InChI=1S/C15H28N2O2/c1-2-4-12-6-9-17(11-12)10-7-13-5-3-8-15(13,16)14(18)19/h12-13H,2-11,16H2,1H3,(H,18,19). The normalized spacial score (nSPS) is 35.9. The van der Waals surface area contributed by atoms with Gasteiger partial charge < -0.3 is 15.7 Å². The molecule has 0 amide bonds. The van der Waals surface area contributed by atoms with E-state index in [0.717, 1.165) is 31.7 Å². The van der Waals surface area contributed by atoms with E-state index in [4.69, 9.17) is 5.73 Å². The number of hydrogen-bond acceptors (Lipinski definition) is 3. The van der Waals surface area contributed by atoms with Crippen LogP contribution < -0.4 is 5.73 Å². The van der Waals surface area contributed by atoms with Crippen LogP contribution in [0.2, 0.25) is 0 Å². The van der Waals surface area contributed by atoms with E-state index >= 15 is 0 Å². The van der Waals surface area contributed by atoms with Crippen molar-refractivity contribution >= 4 is 5.97 Å². The Morgan fingerprint density at radius 2 is 2.21 bits per heavy atom. The summed E-state index contributed by atoms with van der Waals surface area (Å²) in [5.41, 5.74) is 5.13. The second kappa shape index (κ2) is 6.23. The Bertz CT molecular complexity index is 321. The van der Waals surface area contributed by atoms with Crippen molar-refractivity contribution in [2.24, 2.45) is 17.6 Å². The van der Waals surface area contributed by atoms with Crippen molar-refractivity contribution in [2.45, 2.75) is 57.4 Å². The molecule has 2 aliphatic rings. The van der Waals surface area contributed by atoms with E-state index in [1.54, 1.807) is 0 Å². The molecular formula is C15H28N2O2. The summed E-state index contributed by atoms with van der Waals surface area (Å²) in [5.74, 6) is 0.214. The Balaban J connectivity index is 1.78. The van der Waals surface area contributed by atoms with Crippen LogP contribution in [-0.4, -0.2) is 41.1 Å². The number of nitrogens with two attached hydrogens (primary N) is 1. The van der Waals surface area contributed by atoms with Gasteiger partial charge in [0.25, 0.3) is 0 Å². The summed E-state index contributed by atoms with van der Waals surface area (Å²) in [6, 6.07) is 0. The third-order valence-electron chi connectivity index (χ3n) is 5.13. The second-order valence-corrected chi connectivity index (χ2v) is 6.47. The molecule has 1 aliphatic heterocycles. The van der Waals surface area contributed by atoms with E-state index < -0.39 is 11.5 Å². The largest absolute Gasteiger partial charge is 0.480 e. The molecule has 0 aromatic rings. The van der Waals surface area contributed by atoms with Crippen LogP contribution in [0.25, 0.3) is 0 Å². The summed E-state index contributed by atoms with van der Waals surface area (Å²) in [6.45, 7) is 5.65. The molecule has 0 spiro atoms. The lowest BCUT2D eigenvalue weighted by atomic mass is 9.85. The van der Waals surface area contributed by atoms with Gasteiger partial charge in [-0.1, -0.05) is 19.8 Å². The molecule has 19 heavy (non-hydrogen) atoms. The van der Waals surface area contributed by atoms with Crippen molar-refractivity contribution in [1.29, 1.82) is 0 Å². The summed E-state index contributed by atoms with van der Waals surface area (Å²) in [7, 11) is 0. The van der Waals surface area contributed by atoms with Crippen molar-refractivity contribution in [1.82, 2.24) is 4.90 Å². The minimum absolute atomic E-state index is 0.162. The van der Waals surface area contributed by atoms with Gasteiger partial charge in [-0.3, -0.25) is 4.79 Å². The number of carboxylic acid groups (broad SMARTS) is 1. The van der Waals surface area contributed by atoms with Crippen LogP contribution in [-0.2, 0) is 4.79 Å². The highest BCUT2D eigenvalue weighted by atomic mass is 16.4. The van der Waals surface area contributed by atoms with Crippen molar-refractivity contribution in [3.63, 3.8) is 0 Å². The van der Waals surface area contributed by atoms with Gasteiger partial charge >= 0.3 is 5.97 Å². The number of rotatable bonds is 6. The van der Waals surface area contributed by atoms with Crippen LogP contribution in [0, 0.1) is 11.8 Å². The lowest BCUT2D eigenvalue weighted by Gasteiger charge is -2.28. The molecule has 4 nitrogen and oxygen atoms in total. The molecule has 0 aromatic carbocycles. The minimum Gasteiger partial charge on any atom is -0.480 e. The molecule has 1 heterocycles. The molecule has 3 N–H and O–H groups in total. The van der Waals surface area contributed by atoms with Crippen LogP contribution in [0.1, 0.15) is 51.9 Å². The first kappa shape index (κ1) is 14.8. The summed E-state index contributed by atoms with van der Waals surface area (Å²) < 4.78 is 0. The van der Waals surface area contributed by atoms with E-state index in [0.29, 0.717) is 6.42 Å². The predicted octanol–water partition coefficient (Wildman–Crippen LogP) is 2.08. The van der Waals surface area contributed by atoms with Gasteiger partial charge in [-0.25, -0.2) is 0 Å². The van der Waals surface area contributed by atoms with Gasteiger partial charge in [-0.15, -0.1) is 0 Å². The molecule has 3 unspecified atom stereocenters. The summed E-state index contributed by atoms with van der Waals surface area (Å²) in [5, 5.41) is 9.31. The van der Waals surface area contributed by atoms with Gasteiger partial charge in [0.15, 0.2) is 0 Å². The third-order valence-corrected chi connectivity index (χ3v) is 5.13. The van der Waals surface area contributed by atoms with E-state index in [-0.39, 0.29) is 5.92 Å².